The van der Waals surface area contributed by atoms with Crippen LogP contribution in [0.4, 0.5) is 0 Å². The molecule has 0 rings (SSSR count). The molecule has 82 valence electrons. The maximum absolute atomic E-state index is 8.52. The van der Waals surface area contributed by atoms with Crippen LogP contribution in [0.2, 0.25) is 0 Å². The Morgan fingerprint density at radius 3 is 0.500 bits per heavy atom. The van der Waals surface area contributed by atoms with Crippen LogP contribution in [0.3, 0.4) is 0 Å². The second-order valence-corrected chi connectivity index (χ2v) is 2.25. The summed E-state index contributed by atoms with van der Waals surface area (Å²) in [4.78, 5) is 51.1. The zero-order chi connectivity index (χ0) is 10.7. The van der Waals surface area contributed by atoms with Crippen LogP contribution in [0.1, 0.15) is 0 Å². The molecule has 0 aromatic rings. The number of hydrogen-bond acceptors (Lipinski definition) is 9. The van der Waals surface area contributed by atoms with E-state index in [4.69, 9.17) is 43.1 Å². The summed E-state index contributed by atoms with van der Waals surface area (Å²) in [5, 5.41) is 0. The summed E-state index contributed by atoms with van der Waals surface area (Å²) in [6.45, 7) is 0. The van der Waals surface area contributed by atoms with E-state index in [1.54, 1.807) is 0 Å². The van der Waals surface area contributed by atoms with Gasteiger partial charge in [0.25, 0.3) is 0 Å². The molecule has 0 aromatic heterocycles. The van der Waals surface area contributed by atoms with Crippen molar-refractivity contribution in [3.8, 4) is 0 Å². The molecule has 0 bridgehead atoms. The van der Waals surface area contributed by atoms with Gasteiger partial charge in [0.1, 0.15) is 0 Å². The third kappa shape index (κ3) is 554. The third-order valence-corrected chi connectivity index (χ3v) is 0. The predicted molar refractivity (Wildman–Crippen MR) is 38.5 cm³/mol. The van der Waals surface area contributed by atoms with Gasteiger partial charge < -0.3 is 43.1 Å². The van der Waals surface area contributed by atoms with E-state index in [0.717, 1.165) is 0 Å². The second-order valence-electron chi connectivity index (χ2n) is 0.750. The summed E-state index contributed by atoms with van der Waals surface area (Å²) < 4.78 is 25.6. The Morgan fingerprint density at radius 2 is 0.500 bits per heavy atom. The Morgan fingerprint density at radius 1 is 0.500 bits per heavy atom. The fourth-order valence-corrected chi connectivity index (χ4v) is 0. The summed E-state index contributed by atoms with van der Waals surface area (Å²) in [6.07, 6.45) is 0. The van der Waals surface area contributed by atoms with Gasteiger partial charge in [0, 0.05) is 0 Å². The molecule has 0 N–H and O–H groups in total. The molecule has 0 fully saturated rings. The number of rotatable bonds is 0. The molecule has 0 aliphatic carbocycles. The van der Waals surface area contributed by atoms with E-state index < -0.39 is 24.8 Å². The molecule has 14 heavy (non-hydrogen) atoms. The quantitative estimate of drug-likeness (QED) is 0.238. The molecule has 0 saturated heterocycles. The Kier molecular flexibility index (Phi) is 51.8. The van der Waals surface area contributed by atoms with E-state index in [1.165, 1.54) is 0 Å². The van der Waals surface area contributed by atoms with Crippen LogP contribution in [-0.4, -0.2) is 48.9 Å². The summed E-state index contributed by atoms with van der Waals surface area (Å²) in [7, 11) is -10.9. The average molecular weight is 483 g/mol. The summed E-state index contributed by atoms with van der Waals surface area (Å²) >= 11 is 0. The SMILES string of the molecule is O=[PH]([O-])[O-].O=[PH]([O-])[O-].O=[PH]([O-])[O-].[Sb+3].[Sb+3]. The second kappa shape index (κ2) is 24.4. The van der Waals surface area contributed by atoms with Crippen LogP contribution in [0, 0.1) is 0 Å². The molecule has 0 aromatic carbocycles. The molecule has 0 atom stereocenters. The molecule has 0 saturated carbocycles. The van der Waals surface area contributed by atoms with Crippen LogP contribution in [0.25, 0.3) is 0 Å². The fourth-order valence-electron chi connectivity index (χ4n) is 0. The van der Waals surface area contributed by atoms with E-state index in [2.05, 4.69) is 0 Å². The molecule has 4 radical (unpaired) electrons. The van der Waals surface area contributed by atoms with Crippen molar-refractivity contribution in [1.82, 2.24) is 0 Å². The minimum absolute atomic E-state index is 0. The van der Waals surface area contributed by atoms with Crippen molar-refractivity contribution in [2.45, 2.75) is 0 Å². The summed E-state index contributed by atoms with van der Waals surface area (Å²) in [5.74, 6) is 0. The molecule has 0 spiro atoms. The van der Waals surface area contributed by atoms with E-state index >= 15 is 0 Å². The van der Waals surface area contributed by atoms with Crippen LogP contribution in [0.15, 0.2) is 0 Å². The van der Waals surface area contributed by atoms with Gasteiger partial charge in [-0.25, -0.2) is 0 Å². The zero-order valence-corrected chi connectivity index (χ0v) is 14.2. The first-order valence-electron chi connectivity index (χ1n) is 1.84. The maximum Gasteiger partial charge on any atom is 3.00 e. The summed E-state index contributed by atoms with van der Waals surface area (Å²) in [6, 6.07) is 0. The monoisotopic (exact) mass is 482 g/mol. The van der Waals surface area contributed by atoms with Gasteiger partial charge in [0.15, 0.2) is 0 Å². The average Bonchev–Trinajstić information content (AvgIpc) is 1.54. The molecular weight excluding hydrogens is 480 g/mol. The van der Waals surface area contributed by atoms with Crippen LogP contribution >= 0.6 is 24.8 Å². The van der Waals surface area contributed by atoms with E-state index in [0.29, 0.717) is 0 Å². The van der Waals surface area contributed by atoms with Crippen molar-refractivity contribution in [2.75, 3.05) is 0 Å². The first-order chi connectivity index (χ1) is 5.20. The van der Waals surface area contributed by atoms with E-state index in [-0.39, 0.29) is 48.9 Å². The molecular formula is H3O9P3Sb2. The maximum atomic E-state index is 8.52. The van der Waals surface area contributed by atoms with Gasteiger partial charge in [-0.05, 0) is 0 Å². The van der Waals surface area contributed by atoms with Crippen LogP contribution < -0.4 is 29.4 Å². The van der Waals surface area contributed by atoms with Gasteiger partial charge in [-0.2, -0.15) is 0 Å². The molecule has 0 amide bonds. The standard InChI is InChI=1S/3H3O3P.2Sb/c3*1-4(2)3;;/h3*4H,(H2,1,2,3);;/q;;;2*+3/p-6. The minimum Gasteiger partial charge on any atom is -0.813 e. The van der Waals surface area contributed by atoms with Gasteiger partial charge in [0.05, 0.1) is 0 Å². The first kappa shape index (κ1) is 29.8. The molecule has 0 aliphatic rings. The zero-order valence-electron chi connectivity index (χ0n) is 6.07. The van der Waals surface area contributed by atoms with Crippen molar-refractivity contribution >= 4 is 73.6 Å². The van der Waals surface area contributed by atoms with Crippen LogP contribution in [-0.2, 0) is 13.7 Å². The van der Waals surface area contributed by atoms with Gasteiger partial charge in [-0.1, -0.05) is 24.8 Å². The van der Waals surface area contributed by atoms with Crippen molar-refractivity contribution in [1.29, 1.82) is 0 Å². The Balaban J connectivity index is -0.0000000270. The number of hydrogen-bond donors (Lipinski definition) is 0. The van der Waals surface area contributed by atoms with Crippen LogP contribution in [0.5, 0.6) is 0 Å². The molecule has 0 heterocycles. The van der Waals surface area contributed by atoms with Crippen molar-refractivity contribution in [3.63, 3.8) is 0 Å². The Hall–Kier alpha value is 2.09. The molecule has 0 unspecified atom stereocenters. The molecule has 0 aliphatic heterocycles. The first-order valence-corrected chi connectivity index (χ1v) is 5.51. The molecule has 14 heteroatoms. The van der Waals surface area contributed by atoms with E-state index in [9.17, 15) is 0 Å². The van der Waals surface area contributed by atoms with Crippen molar-refractivity contribution in [3.05, 3.63) is 0 Å². The molecule has 9 nitrogen and oxygen atoms in total. The largest absolute Gasteiger partial charge is 3.00 e. The van der Waals surface area contributed by atoms with Gasteiger partial charge in [-0.15, -0.1) is 0 Å². The fraction of sp³-hybridized carbons (Fsp3) is 0. The topological polar surface area (TPSA) is 190 Å². The normalized spacial score (nSPS) is 7.50. The van der Waals surface area contributed by atoms with Gasteiger partial charge in [0.2, 0.25) is 0 Å². The Labute approximate surface area is 116 Å². The van der Waals surface area contributed by atoms with Crippen molar-refractivity contribution in [2.24, 2.45) is 0 Å². The van der Waals surface area contributed by atoms with E-state index in [1.807, 2.05) is 0 Å². The Bertz CT molecular complexity index is 116. The predicted octanol–water partition coefficient (Wildman–Crippen LogP) is -6.47. The van der Waals surface area contributed by atoms with Crippen molar-refractivity contribution < 1.29 is 43.1 Å². The third-order valence-electron chi connectivity index (χ3n) is 0. The smallest absolute Gasteiger partial charge is 0.813 e. The minimum atomic E-state index is -3.63. The van der Waals surface area contributed by atoms with Gasteiger partial charge in [-0.3, -0.25) is 0 Å². The van der Waals surface area contributed by atoms with Gasteiger partial charge >= 0.3 is 48.9 Å². The summed E-state index contributed by atoms with van der Waals surface area (Å²) in [5.41, 5.74) is 0.